The summed E-state index contributed by atoms with van der Waals surface area (Å²) in [5.41, 5.74) is 0.369. The van der Waals surface area contributed by atoms with Gasteiger partial charge in [0.15, 0.2) is 5.82 Å². The van der Waals surface area contributed by atoms with Crippen LogP contribution in [0.5, 0.6) is 6.01 Å². The summed E-state index contributed by atoms with van der Waals surface area (Å²) in [6.07, 6.45) is 8.86. The van der Waals surface area contributed by atoms with E-state index in [1.54, 1.807) is 41.3 Å². The summed E-state index contributed by atoms with van der Waals surface area (Å²) in [5.74, 6) is -0.872. The van der Waals surface area contributed by atoms with Gasteiger partial charge in [0.25, 0.3) is 0 Å². The van der Waals surface area contributed by atoms with Gasteiger partial charge in [-0.25, -0.2) is 13.2 Å². The first-order chi connectivity index (χ1) is 26.7. The number of halogens is 4. The highest BCUT2D eigenvalue weighted by Gasteiger charge is 2.34. The molecule has 0 N–H and O–H groups in total. The number of rotatable bonds is 6. The molecule has 11 nitrogen and oxygen atoms in total. The third-order valence-electron chi connectivity index (χ3n) is 10.3. The Morgan fingerprint density at radius 2 is 1.87 bits per heavy atom. The molecule has 292 valence electrons. The molecule has 6 heterocycles. The van der Waals surface area contributed by atoms with E-state index in [0.29, 0.717) is 79.5 Å². The van der Waals surface area contributed by atoms with Crippen molar-refractivity contribution in [3.8, 4) is 23.3 Å². The Labute approximate surface area is 324 Å². The van der Waals surface area contributed by atoms with E-state index in [0.717, 1.165) is 39.1 Å². The van der Waals surface area contributed by atoms with E-state index in [9.17, 15) is 13.6 Å². The molecule has 0 radical (unpaired) electrons. The number of carbonyl (C=O) groups is 1. The molecule has 4 aliphatic rings. The van der Waals surface area contributed by atoms with Gasteiger partial charge >= 0.3 is 6.01 Å². The number of carbonyl (C=O) groups excluding carboxylic acids is 1. The number of piperazine rings is 1. The number of methoxy groups -OCH3 is 1. The largest absolute Gasteiger partial charge is 0.467 e. The van der Waals surface area contributed by atoms with E-state index in [1.807, 2.05) is 11.0 Å². The van der Waals surface area contributed by atoms with Crippen LogP contribution < -0.4 is 9.64 Å². The highest BCUT2D eigenvalue weighted by Crippen LogP contribution is 2.38. The summed E-state index contributed by atoms with van der Waals surface area (Å²) in [5, 5.41) is 8.64. The average molecular weight is 779 g/mol. The smallest absolute Gasteiger partial charge is 0.318 e. The summed E-state index contributed by atoms with van der Waals surface area (Å²) in [6.45, 7) is 9.23. The Bertz CT molecular complexity index is 2020. The first-order valence-electron chi connectivity index (χ1n) is 18.7. The van der Waals surface area contributed by atoms with Gasteiger partial charge in [0.05, 0.1) is 30.2 Å². The number of amides is 1. The number of pyridine rings is 1. The number of hydrogen-bond acceptors (Lipinski definition) is 10. The fourth-order valence-corrected chi connectivity index (χ4v) is 7.88. The van der Waals surface area contributed by atoms with E-state index in [4.69, 9.17) is 26.3 Å². The molecule has 0 spiro atoms. The van der Waals surface area contributed by atoms with Gasteiger partial charge in [-0.2, -0.15) is 15.2 Å². The van der Waals surface area contributed by atoms with Crippen molar-refractivity contribution in [2.24, 2.45) is 0 Å². The van der Waals surface area contributed by atoms with Crippen molar-refractivity contribution in [3.05, 3.63) is 65.3 Å². The van der Waals surface area contributed by atoms with E-state index in [-0.39, 0.29) is 28.2 Å². The van der Waals surface area contributed by atoms with Crippen LogP contribution in [0.4, 0.5) is 19.0 Å². The molecule has 1 amide bonds. The van der Waals surface area contributed by atoms with Gasteiger partial charge in [0, 0.05) is 95.2 Å². The Kier molecular flexibility index (Phi) is 13.8. The lowest BCUT2D eigenvalue weighted by atomic mass is 10.0. The SMILES string of the molecule is CC#N.COc1nc(N2CCN(C(=O)/C=C/CN3CCCOCC3)CC2)c2cnc(-c3cccc4ccc(F)c(Cl)c34)c(F)c2n1.FC1CC2CCCN2C1. The molecule has 55 heavy (non-hydrogen) atoms. The molecule has 15 heteroatoms. The average Bonchev–Trinajstić information content (AvgIpc) is 3.67. The van der Waals surface area contributed by atoms with Crippen molar-refractivity contribution >= 4 is 45.0 Å². The van der Waals surface area contributed by atoms with E-state index in [2.05, 4.69) is 24.8 Å². The van der Waals surface area contributed by atoms with Gasteiger partial charge in [-0.3, -0.25) is 19.6 Å². The number of aromatic nitrogens is 3. The number of benzene rings is 2. The van der Waals surface area contributed by atoms with Gasteiger partial charge in [-0.15, -0.1) is 0 Å². The Balaban J connectivity index is 0.000000365. The van der Waals surface area contributed by atoms with Crippen LogP contribution in [0.3, 0.4) is 0 Å². The van der Waals surface area contributed by atoms with Crippen LogP contribution in [-0.2, 0) is 9.53 Å². The number of ether oxygens (including phenoxy) is 2. The van der Waals surface area contributed by atoms with Crippen molar-refractivity contribution in [1.29, 1.82) is 5.26 Å². The van der Waals surface area contributed by atoms with Crippen LogP contribution >= 0.6 is 11.6 Å². The molecule has 2 aromatic heterocycles. The normalized spacial score (nSPS) is 20.4. The number of anilines is 1. The topological polar surface area (TPSA) is 111 Å². The Morgan fingerprint density at radius 3 is 2.64 bits per heavy atom. The maximum Gasteiger partial charge on any atom is 0.318 e. The molecule has 4 saturated heterocycles. The van der Waals surface area contributed by atoms with Crippen molar-refractivity contribution in [3.63, 3.8) is 0 Å². The first-order valence-corrected chi connectivity index (χ1v) is 19.1. The maximum atomic E-state index is 16.2. The molecule has 0 aliphatic carbocycles. The van der Waals surface area contributed by atoms with E-state index >= 15 is 4.39 Å². The summed E-state index contributed by atoms with van der Waals surface area (Å²) in [4.78, 5) is 34.5. The van der Waals surface area contributed by atoms with Crippen LogP contribution in [0.1, 0.15) is 32.6 Å². The quantitative estimate of drug-likeness (QED) is 0.203. The fraction of sp³-hybridized carbons (Fsp3) is 0.475. The molecule has 0 saturated carbocycles. The van der Waals surface area contributed by atoms with Crippen molar-refractivity contribution in [1.82, 2.24) is 29.7 Å². The van der Waals surface area contributed by atoms with Crippen molar-refractivity contribution < 1.29 is 27.4 Å². The lowest BCUT2D eigenvalue weighted by Crippen LogP contribution is -2.48. The van der Waals surface area contributed by atoms with Crippen LogP contribution in [0, 0.1) is 23.0 Å². The zero-order valence-electron chi connectivity index (χ0n) is 31.2. The van der Waals surface area contributed by atoms with Gasteiger partial charge in [0.1, 0.15) is 29.0 Å². The number of hydrogen-bond donors (Lipinski definition) is 0. The number of nitriles is 1. The molecule has 0 bridgehead atoms. The van der Waals surface area contributed by atoms with Crippen LogP contribution in [-0.4, -0.2) is 127 Å². The highest BCUT2D eigenvalue weighted by molar-refractivity contribution is 6.36. The third kappa shape index (κ3) is 9.47. The summed E-state index contributed by atoms with van der Waals surface area (Å²) < 4.78 is 54.0. The zero-order chi connectivity index (χ0) is 38.9. The standard InChI is InChI=1S/C31H31ClF2N6O3.C7H12FN.C2H3N/c1-42-31-36-29-22(19-35-28(27(29)34)21-6-2-5-20-8-9-23(33)26(32)25(20)21)30(37-31)40-14-12-39(13-15-40)24(41)7-3-10-38-11-4-17-43-18-16-38;8-6-4-7-2-1-3-9(7)5-6;1-2-3/h2-3,5-9,19H,4,10-18H2,1H3;6-7H,1-5H2;1H3/b7-3+;;. The number of fused-ring (bicyclic) bond motifs is 3. The van der Waals surface area contributed by atoms with Crippen molar-refractivity contribution in [2.75, 3.05) is 84.1 Å². The minimum absolute atomic E-state index is 0.000832. The number of alkyl halides is 1. The van der Waals surface area contributed by atoms with E-state index in [1.165, 1.54) is 39.1 Å². The maximum absolute atomic E-state index is 16.2. The minimum Gasteiger partial charge on any atom is -0.467 e. The molecule has 2 unspecified atom stereocenters. The first kappa shape index (κ1) is 40.1. The Hall–Kier alpha value is -4.55. The third-order valence-corrected chi connectivity index (χ3v) is 10.7. The lowest BCUT2D eigenvalue weighted by molar-refractivity contribution is -0.126. The molecule has 4 fully saturated rings. The highest BCUT2D eigenvalue weighted by atomic mass is 35.5. The van der Waals surface area contributed by atoms with Crippen LogP contribution in [0.25, 0.3) is 32.9 Å². The molecular formula is C40H46ClF3N8O3. The van der Waals surface area contributed by atoms with Gasteiger partial charge in [-0.05, 0) is 43.7 Å². The molecule has 4 aromatic rings. The second-order valence-corrected chi connectivity index (χ2v) is 14.2. The minimum atomic E-state index is -0.692. The predicted octanol–water partition coefficient (Wildman–Crippen LogP) is 6.43. The molecule has 4 aliphatic heterocycles. The summed E-state index contributed by atoms with van der Waals surface area (Å²) in [7, 11) is 1.42. The molecule has 2 atom stereocenters. The predicted molar refractivity (Wildman–Crippen MR) is 207 cm³/mol. The lowest BCUT2D eigenvalue weighted by Gasteiger charge is -2.35. The fourth-order valence-electron chi connectivity index (χ4n) is 7.60. The van der Waals surface area contributed by atoms with Crippen LogP contribution in [0.2, 0.25) is 5.02 Å². The molecule has 8 rings (SSSR count). The summed E-state index contributed by atoms with van der Waals surface area (Å²) in [6, 6.07) is 10.4. The summed E-state index contributed by atoms with van der Waals surface area (Å²) >= 11 is 6.31. The van der Waals surface area contributed by atoms with Gasteiger partial charge in [-0.1, -0.05) is 41.9 Å². The van der Waals surface area contributed by atoms with Crippen molar-refractivity contribution in [2.45, 2.75) is 44.8 Å². The van der Waals surface area contributed by atoms with Crippen LogP contribution in [0.15, 0.2) is 48.7 Å². The Morgan fingerprint density at radius 1 is 1.07 bits per heavy atom. The van der Waals surface area contributed by atoms with Gasteiger partial charge in [0.2, 0.25) is 5.91 Å². The number of nitrogens with zero attached hydrogens (tertiary/aromatic N) is 8. The molecule has 2 aromatic carbocycles. The monoisotopic (exact) mass is 778 g/mol. The second-order valence-electron chi connectivity index (χ2n) is 13.8. The second kappa shape index (κ2) is 18.9. The van der Waals surface area contributed by atoms with Gasteiger partial charge < -0.3 is 19.3 Å². The zero-order valence-corrected chi connectivity index (χ0v) is 32.0. The molecular weight excluding hydrogens is 733 g/mol. The van der Waals surface area contributed by atoms with E-state index < -0.39 is 17.8 Å².